The quantitative estimate of drug-likeness (QED) is 0.0761. The fourth-order valence-corrected chi connectivity index (χ4v) is 5.04. The van der Waals surface area contributed by atoms with Gasteiger partial charge in [0.25, 0.3) is 0 Å². The van der Waals surface area contributed by atoms with Crippen LogP contribution in [0.3, 0.4) is 0 Å². The molecular weight excluding hydrogens is 596 g/mol. The van der Waals surface area contributed by atoms with E-state index in [4.69, 9.17) is 11.8 Å². The lowest BCUT2D eigenvalue weighted by Crippen LogP contribution is -2.12. The number of nitrogens with zero attached hydrogens (tertiary/aromatic N) is 4. The molecule has 42 heavy (non-hydrogen) atoms. The van der Waals surface area contributed by atoms with Crippen LogP contribution in [0.2, 0.25) is 0 Å². The monoisotopic (exact) mass is 602 g/mol. The predicted molar refractivity (Wildman–Crippen MR) is 122 cm³/mol. The molecule has 16 heteroatoms. The van der Waals surface area contributed by atoms with Gasteiger partial charge in [-0.05, 0) is 47.2 Å². The van der Waals surface area contributed by atoms with Crippen molar-refractivity contribution in [3.63, 3.8) is 0 Å². The minimum atomic E-state index is -5.41. The molecule has 0 amide bonds. The van der Waals surface area contributed by atoms with Crippen LogP contribution in [0.25, 0.3) is 48.0 Å². The summed E-state index contributed by atoms with van der Waals surface area (Å²) in [6, 6.07) is 1.78. The highest BCUT2D eigenvalue weighted by Crippen LogP contribution is 2.46. The predicted octanol–water partition coefficient (Wildman–Crippen LogP) is 8.37. The van der Waals surface area contributed by atoms with Crippen molar-refractivity contribution in [2.24, 2.45) is 10.1 Å². The largest absolute Gasteiger partial charge is 0.417 e. The minimum absolute atomic E-state index is 0.187. The van der Waals surface area contributed by atoms with Crippen LogP contribution >= 0.6 is 0 Å². The fraction of sp³-hybridized carbons (Fsp3) is 0.154. The number of hydrogen-bond donors (Lipinski definition) is 0. The van der Waals surface area contributed by atoms with E-state index in [9.17, 15) is 52.7 Å². The normalized spacial score (nSPS) is 14.4. The summed E-state index contributed by atoms with van der Waals surface area (Å²) in [5, 5.41) is 5.60. The van der Waals surface area contributed by atoms with Crippen molar-refractivity contribution < 1.29 is 52.7 Å². The molecule has 0 aliphatic carbocycles. The van der Waals surface area contributed by atoms with Gasteiger partial charge in [-0.2, -0.15) is 69.5 Å². The SMILES string of the molecule is [C-]#[N+]N=c1c2cc3c(cc2c2c(C(F)(F)F)cc(C(F)(F)F)cc12)c(=NC#N)c1cc(C(F)(F)F)cc(C(F)(F)F)c13. The van der Waals surface area contributed by atoms with Crippen molar-refractivity contribution >= 4 is 43.1 Å². The summed E-state index contributed by atoms with van der Waals surface area (Å²) in [4.78, 5) is 6.03. The van der Waals surface area contributed by atoms with Crippen LogP contribution in [0.5, 0.6) is 0 Å². The molecule has 0 aliphatic heterocycles. The van der Waals surface area contributed by atoms with Crippen LogP contribution in [0.4, 0.5) is 52.7 Å². The highest BCUT2D eigenvalue weighted by Gasteiger charge is 2.41. The van der Waals surface area contributed by atoms with Crippen molar-refractivity contribution in [3.8, 4) is 6.19 Å². The second-order valence-electron chi connectivity index (χ2n) is 8.94. The maximum absolute atomic E-state index is 14.1. The molecule has 0 aromatic heterocycles. The smallest absolute Gasteiger partial charge is 0.181 e. The minimum Gasteiger partial charge on any atom is -0.181 e. The maximum Gasteiger partial charge on any atom is 0.417 e. The highest BCUT2D eigenvalue weighted by atomic mass is 19.4. The number of fused-ring (bicyclic) bond motifs is 6. The third kappa shape index (κ3) is 4.34. The second kappa shape index (κ2) is 8.82. The molecule has 4 nitrogen and oxygen atoms in total. The van der Waals surface area contributed by atoms with Gasteiger partial charge in [0, 0.05) is 32.3 Å². The lowest BCUT2D eigenvalue weighted by Gasteiger charge is -2.14. The Hall–Kier alpha value is -4.86. The number of halogens is 12. The summed E-state index contributed by atoms with van der Waals surface area (Å²) in [6.07, 6.45) is -20.1. The van der Waals surface area contributed by atoms with Crippen LogP contribution in [-0.2, 0) is 24.7 Å². The first-order chi connectivity index (χ1) is 19.3. The van der Waals surface area contributed by atoms with Crippen LogP contribution in [0, 0.1) is 18.0 Å². The Labute approximate surface area is 223 Å². The second-order valence-corrected chi connectivity index (χ2v) is 8.94. The van der Waals surface area contributed by atoms with Gasteiger partial charge in [0.15, 0.2) is 5.36 Å². The van der Waals surface area contributed by atoms with Crippen LogP contribution < -0.4 is 10.7 Å². The van der Waals surface area contributed by atoms with Crippen molar-refractivity contribution in [1.29, 1.82) is 5.26 Å². The van der Waals surface area contributed by atoms with E-state index in [1.54, 1.807) is 0 Å². The third-order valence-corrected chi connectivity index (χ3v) is 6.57. The van der Waals surface area contributed by atoms with Gasteiger partial charge >= 0.3 is 24.7 Å². The van der Waals surface area contributed by atoms with Crippen molar-refractivity contribution in [2.75, 3.05) is 0 Å². The molecule has 5 aromatic rings. The van der Waals surface area contributed by atoms with Crippen molar-refractivity contribution in [2.45, 2.75) is 24.7 Å². The summed E-state index contributed by atoms with van der Waals surface area (Å²) in [5.74, 6) is 0. The van der Waals surface area contributed by atoms with E-state index in [0.29, 0.717) is 12.1 Å². The molecule has 0 aliphatic rings. The van der Waals surface area contributed by atoms with E-state index in [1.165, 1.54) is 6.19 Å². The third-order valence-electron chi connectivity index (χ3n) is 6.57. The molecule has 0 saturated carbocycles. The lowest BCUT2D eigenvalue weighted by molar-refractivity contribution is -0.143. The van der Waals surface area contributed by atoms with Gasteiger partial charge in [-0.3, -0.25) is 0 Å². The average Bonchev–Trinajstić information content (AvgIpc) is 3.32. The van der Waals surface area contributed by atoms with E-state index < -0.39 is 101 Å². The highest BCUT2D eigenvalue weighted by molar-refractivity contribution is 6.22. The standard InChI is InChI=1S/C26H6F12N4/c1-40-42-22-14-7-11-13(6-12(14)20-16(22)3-10(24(30,31)32)5-18(20)26(36,37)38)21(41-8-39)15-2-9(23(27,28)29)4-17(19(11)15)25(33,34)35/h2-7H. The van der Waals surface area contributed by atoms with E-state index in [2.05, 4.69) is 15.0 Å². The van der Waals surface area contributed by atoms with Gasteiger partial charge in [-0.25, -0.2) is 0 Å². The molecule has 0 spiro atoms. The van der Waals surface area contributed by atoms with E-state index >= 15 is 0 Å². The molecule has 0 atom stereocenters. The summed E-state index contributed by atoms with van der Waals surface area (Å²) in [7, 11) is 0. The molecule has 0 unspecified atom stereocenters. The first kappa shape index (κ1) is 28.7. The fourth-order valence-electron chi connectivity index (χ4n) is 5.04. The zero-order valence-electron chi connectivity index (χ0n) is 19.8. The summed E-state index contributed by atoms with van der Waals surface area (Å²) < 4.78 is 166. The molecule has 0 radical (unpaired) electrons. The molecule has 0 heterocycles. The van der Waals surface area contributed by atoms with Gasteiger partial charge in [-0.15, -0.1) is 4.95 Å². The Kier molecular flexibility index (Phi) is 6.02. The molecule has 0 fully saturated rings. The van der Waals surface area contributed by atoms with Crippen LogP contribution in [-0.4, -0.2) is 0 Å². The summed E-state index contributed by atoms with van der Waals surface area (Å²) in [6.45, 7) is 7.04. The topological polar surface area (TPSA) is 52.9 Å². The number of benzene rings is 3. The first-order valence-corrected chi connectivity index (χ1v) is 11.0. The Morgan fingerprint density at radius 3 is 1.31 bits per heavy atom. The number of alkyl halides is 12. The Balaban J connectivity index is 2.15. The van der Waals surface area contributed by atoms with Crippen LogP contribution in [0.1, 0.15) is 22.3 Å². The number of hydrogen-bond acceptors (Lipinski definition) is 3. The first-order valence-electron chi connectivity index (χ1n) is 11.0. The van der Waals surface area contributed by atoms with Crippen molar-refractivity contribution in [3.05, 3.63) is 80.9 Å². The molecule has 214 valence electrons. The van der Waals surface area contributed by atoms with Crippen LogP contribution in [0.15, 0.2) is 46.5 Å². The molecular formula is C26H6F12N4. The Morgan fingerprint density at radius 2 is 0.952 bits per heavy atom. The maximum atomic E-state index is 14.1. The zero-order valence-corrected chi connectivity index (χ0v) is 19.8. The number of rotatable bonds is 0. The Morgan fingerprint density at radius 1 is 0.548 bits per heavy atom. The zero-order chi connectivity index (χ0) is 31.2. The molecule has 0 bridgehead atoms. The molecule has 0 saturated heterocycles. The molecule has 5 rings (SSSR count). The lowest BCUT2D eigenvalue weighted by atomic mass is 10.00. The Bertz CT molecular complexity index is 2000. The van der Waals surface area contributed by atoms with Gasteiger partial charge in [-0.1, -0.05) is 0 Å². The summed E-state index contributed by atoms with van der Waals surface area (Å²) in [5.41, 5.74) is -7.12. The van der Waals surface area contributed by atoms with Gasteiger partial charge in [0.2, 0.25) is 6.19 Å². The number of nitriles is 1. The van der Waals surface area contributed by atoms with Gasteiger partial charge < -0.3 is 0 Å². The van der Waals surface area contributed by atoms with Crippen molar-refractivity contribution in [1.82, 2.24) is 0 Å². The van der Waals surface area contributed by atoms with E-state index in [0.717, 1.165) is 12.1 Å². The average molecular weight is 602 g/mol. The molecule has 0 N–H and O–H groups in total. The molecule has 5 aromatic carbocycles. The van der Waals surface area contributed by atoms with E-state index in [-0.39, 0.29) is 12.1 Å². The van der Waals surface area contributed by atoms with Gasteiger partial charge in [0.05, 0.1) is 32.7 Å². The summed E-state index contributed by atoms with van der Waals surface area (Å²) >= 11 is 0. The van der Waals surface area contributed by atoms with E-state index in [1.807, 2.05) is 0 Å². The van der Waals surface area contributed by atoms with Gasteiger partial charge in [0.1, 0.15) is 0 Å².